The molecule has 294 valence electrons. The zero-order valence-electron chi connectivity index (χ0n) is 35.3. The molecular formula is C49H59N4OPt-3. The molecule has 1 aliphatic heterocycles. The van der Waals surface area contributed by atoms with E-state index in [-0.39, 0.29) is 48.1 Å². The first-order chi connectivity index (χ1) is 25.0. The summed E-state index contributed by atoms with van der Waals surface area (Å²) in [5, 5.41) is 4.83. The van der Waals surface area contributed by atoms with Crippen molar-refractivity contribution in [2.24, 2.45) is 0 Å². The number of hydrogen-bond acceptors (Lipinski definition) is 4. The summed E-state index contributed by atoms with van der Waals surface area (Å²) in [6.07, 6.45) is 8.29. The number of rotatable bonds is 7. The van der Waals surface area contributed by atoms with Crippen LogP contribution in [-0.4, -0.2) is 9.78 Å². The Bertz CT molecular complexity index is 2120. The summed E-state index contributed by atoms with van der Waals surface area (Å²) in [6, 6.07) is 33.3. The van der Waals surface area contributed by atoms with Gasteiger partial charge < -0.3 is 14.5 Å². The average Bonchev–Trinajstić information content (AvgIpc) is 3.79. The molecule has 0 fully saturated rings. The van der Waals surface area contributed by atoms with E-state index in [4.69, 9.17) is 9.84 Å². The predicted octanol–water partition coefficient (Wildman–Crippen LogP) is 12.7. The van der Waals surface area contributed by atoms with Gasteiger partial charge in [-0.25, -0.2) is 0 Å². The molecule has 0 saturated heterocycles. The second-order valence-corrected chi connectivity index (χ2v) is 19.5. The van der Waals surface area contributed by atoms with Gasteiger partial charge in [-0.1, -0.05) is 133 Å². The van der Waals surface area contributed by atoms with Crippen molar-refractivity contribution in [2.45, 2.75) is 124 Å². The van der Waals surface area contributed by atoms with Gasteiger partial charge in [0, 0.05) is 55.4 Å². The smallest absolute Gasteiger partial charge is 0.0534 e. The third-order valence-electron chi connectivity index (χ3n) is 10.5. The van der Waals surface area contributed by atoms with Crippen molar-refractivity contribution < 1.29 is 25.8 Å². The molecular weight excluding hydrogens is 856 g/mol. The van der Waals surface area contributed by atoms with E-state index in [1.807, 2.05) is 10.9 Å². The van der Waals surface area contributed by atoms with Gasteiger partial charge in [0.1, 0.15) is 0 Å². The number of ether oxygens (including phenoxy) is 1. The van der Waals surface area contributed by atoms with Crippen LogP contribution in [0.3, 0.4) is 0 Å². The van der Waals surface area contributed by atoms with Gasteiger partial charge in [-0.3, -0.25) is 4.68 Å². The molecule has 4 aromatic carbocycles. The van der Waals surface area contributed by atoms with Crippen LogP contribution in [0.1, 0.15) is 130 Å². The molecule has 1 aliphatic rings. The monoisotopic (exact) mass is 914 g/mol. The van der Waals surface area contributed by atoms with Crippen molar-refractivity contribution in [1.29, 1.82) is 0 Å². The maximum atomic E-state index is 6.74. The van der Waals surface area contributed by atoms with Crippen LogP contribution in [0.15, 0.2) is 97.6 Å². The summed E-state index contributed by atoms with van der Waals surface area (Å²) in [5.74, 6) is 1.27. The number of hydrogen-bond donors (Lipinski definition) is 0. The van der Waals surface area contributed by atoms with E-state index in [1.165, 1.54) is 16.7 Å². The summed E-state index contributed by atoms with van der Waals surface area (Å²) in [4.78, 5) is 4.33. The Balaban J connectivity index is 0.00000580. The molecule has 0 radical (unpaired) electrons. The molecule has 6 rings (SSSR count). The molecule has 1 aromatic heterocycles. The second kappa shape index (κ2) is 15.1. The van der Waals surface area contributed by atoms with Gasteiger partial charge in [-0.2, -0.15) is 5.10 Å². The molecule has 0 amide bonds. The quantitative estimate of drug-likeness (QED) is 0.152. The Hall–Kier alpha value is -4.08. The van der Waals surface area contributed by atoms with Crippen LogP contribution in [0.2, 0.25) is 0 Å². The Morgan fingerprint density at radius 1 is 0.527 bits per heavy atom. The number of anilines is 2. The minimum atomic E-state index is -0.208. The van der Waals surface area contributed by atoms with Gasteiger partial charge in [-0.15, -0.1) is 59.9 Å². The van der Waals surface area contributed by atoms with Gasteiger partial charge in [-0.05, 0) is 68.6 Å². The Kier molecular flexibility index (Phi) is 11.6. The van der Waals surface area contributed by atoms with E-state index >= 15 is 0 Å². The molecule has 0 spiro atoms. The zero-order chi connectivity index (χ0) is 39.4. The summed E-state index contributed by atoms with van der Waals surface area (Å²) in [7, 11) is 0. The first kappa shape index (κ1) is 42.1. The largest absolute Gasteiger partial charge is 0.509 e. The fourth-order valence-electron chi connectivity index (χ4n) is 6.49. The zero-order valence-corrected chi connectivity index (χ0v) is 37.6. The number of nitrogens with zero attached hydrogens (tertiary/aromatic N) is 4. The van der Waals surface area contributed by atoms with E-state index in [2.05, 4.69) is 217 Å². The fraction of sp³-hybridized carbons (Fsp3) is 0.388. The van der Waals surface area contributed by atoms with Gasteiger partial charge >= 0.3 is 0 Å². The normalized spacial score (nSPS) is 14.0. The number of benzene rings is 4. The minimum absolute atomic E-state index is 0. The molecule has 0 saturated carbocycles. The molecule has 2 heterocycles. The number of aromatic nitrogens is 2. The van der Waals surface area contributed by atoms with Gasteiger partial charge in [0.05, 0.1) is 6.20 Å². The average molecular weight is 915 g/mol. The molecule has 0 unspecified atom stereocenters. The summed E-state index contributed by atoms with van der Waals surface area (Å²) < 4.78 is 8.66. The molecule has 0 N–H and O–H groups in total. The SMILES string of the molecule is CC(C)(C)c1cc(Oc2[c-]c(-n3cc(C(C)(C)c4ccccc4)cn3)cc(C(C)(C)C)c2)[c-]c(N2C=CN(c3cc(C(C)(C)C)cc(C(C)(C)C)c3)[CH-]2)c1.[Pt]. The Morgan fingerprint density at radius 2 is 1.00 bits per heavy atom. The molecule has 6 heteroatoms. The van der Waals surface area contributed by atoms with Crippen LogP contribution < -0.4 is 14.5 Å². The van der Waals surface area contributed by atoms with Crippen LogP contribution in [-0.2, 0) is 48.1 Å². The standard InChI is InChI=1S/C49H59N4O.Pt/c1-45(2,3)35-22-36(46(4,5)6)24-40(23-35)51-20-21-52(33-51)41-25-37(47(7,8)9)27-43(29-41)54-44-28-38(48(10,11)12)26-42(30-44)53-32-39(31-50-53)49(13,14)34-18-16-15-17-19-34;/h15-28,31-33H,1-14H3;/q-3;. The molecule has 0 bridgehead atoms. The van der Waals surface area contributed by atoms with Gasteiger partial charge in [0.2, 0.25) is 0 Å². The third kappa shape index (κ3) is 9.49. The topological polar surface area (TPSA) is 33.5 Å². The predicted molar refractivity (Wildman–Crippen MR) is 226 cm³/mol. The van der Waals surface area contributed by atoms with Crippen molar-refractivity contribution >= 4 is 11.4 Å². The van der Waals surface area contributed by atoms with E-state index in [9.17, 15) is 0 Å². The summed E-state index contributed by atoms with van der Waals surface area (Å²) in [6.45, 7) is 33.6. The third-order valence-corrected chi connectivity index (χ3v) is 10.5. The van der Waals surface area contributed by atoms with E-state index < -0.39 is 0 Å². The van der Waals surface area contributed by atoms with E-state index in [0.29, 0.717) is 11.5 Å². The summed E-state index contributed by atoms with van der Waals surface area (Å²) >= 11 is 0. The van der Waals surface area contributed by atoms with E-state index in [0.717, 1.165) is 33.8 Å². The first-order valence-corrected chi connectivity index (χ1v) is 19.2. The van der Waals surface area contributed by atoms with E-state index in [1.54, 1.807) is 0 Å². The van der Waals surface area contributed by atoms with Crippen molar-refractivity contribution in [1.82, 2.24) is 9.78 Å². The van der Waals surface area contributed by atoms with Crippen molar-refractivity contribution in [3.05, 3.63) is 150 Å². The Morgan fingerprint density at radius 3 is 1.53 bits per heavy atom. The molecule has 0 aliphatic carbocycles. The fourth-order valence-corrected chi connectivity index (χ4v) is 6.49. The Labute approximate surface area is 346 Å². The summed E-state index contributed by atoms with van der Waals surface area (Å²) in [5.41, 5.74) is 9.79. The maximum absolute atomic E-state index is 6.74. The van der Waals surface area contributed by atoms with Crippen LogP contribution in [0.5, 0.6) is 11.5 Å². The molecule has 0 atom stereocenters. The maximum Gasteiger partial charge on any atom is 0.0534 e. The van der Waals surface area contributed by atoms with Crippen molar-refractivity contribution in [3.63, 3.8) is 0 Å². The molecule has 5 nitrogen and oxygen atoms in total. The van der Waals surface area contributed by atoms with Crippen LogP contribution >= 0.6 is 0 Å². The van der Waals surface area contributed by atoms with Gasteiger partial charge in [0.25, 0.3) is 0 Å². The van der Waals surface area contributed by atoms with Crippen molar-refractivity contribution in [2.75, 3.05) is 9.80 Å². The molecule has 5 aromatic rings. The van der Waals surface area contributed by atoms with Crippen LogP contribution in [0.25, 0.3) is 5.69 Å². The molecule has 55 heavy (non-hydrogen) atoms. The second-order valence-electron chi connectivity index (χ2n) is 19.5. The first-order valence-electron chi connectivity index (χ1n) is 19.2. The van der Waals surface area contributed by atoms with Crippen molar-refractivity contribution in [3.8, 4) is 17.2 Å². The van der Waals surface area contributed by atoms with Crippen LogP contribution in [0, 0.1) is 18.8 Å². The van der Waals surface area contributed by atoms with Gasteiger partial charge in [0.15, 0.2) is 0 Å². The minimum Gasteiger partial charge on any atom is -0.509 e. The van der Waals surface area contributed by atoms with Crippen LogP contribution in [0.4, 0.5) is 11.4 Å².